The highest BCUT2D eigenvalue weighted by Crippen LogP contribution is 2.20. The van der Waals surface area contributed by atoms with Crippen LogP contribution in [0, 0.1) is 6.92 Å². The standard InChI is InChI=1S/C14H16BrNS/c1-10-6-7-17-14(10)9-16-11(2)12-4-3-5-13(15)8-12/h3-8,11,16H,9H2,1-2H3. The average molecular weight is 310 g/mol. The fourth-order valence-electron chi connectivity index (χ4n) is 1.72. The Labute approximate surface area is 115 Å². The van der Waals surface area contributed by atoms with Crippen molar-refractivity contribution in [3.05, 3.63) is 56.2 Å². The minimum Gasteiger partial charge on any atom is -0.305 e. The highest BCUT2D eigenvalue weighted by Gasteiger charge is 2.06. The summed E-state index contributed by atoms with van der Waals surface area (Å²) in [6, 6.07) is 11.0. The van der Waals surface area contributed by atoms with Crippen molar-refractivity contribution in [2.75, 3.05) is 0 Å². The smallest absolute Gasteiger partial charge is 0.0308 e. The molecular formula is C14H16BrNS. The molecule has 1 heterocycles. The molecular weight excluding hydrogens is 294 g/mol. The predicted molar refractivity (Wildman–Crippen MR) is 78.5 cm³/mol. The maximum Gasteiger partial charge on any atom is 0.0308 e. The van der Waals surface area contributed by atoms with E-state index >= 15 is 0 Å². The minimum absolute atomic E-state index is 0.369. The first-order chi connectivity index (χ1) is 8.16. The van der Waals surface area contributed by atoms with Crippen molar-refractivity contribution in [2.45, 2.75) is 26.4 Å². The molecule has 0 saturated heterocycles. The Bertz CT molecular complexity index is 492. The summed E-state index contributed by atoms with van der Waals surface area (Å²) in [6.07, 6.45) is 0. The molecule has 2 aromatic rings. The van der Waals surface area contributed by atoms with Gasteiger partial charge in [-0.2, -0.15) is 0 Å². The minimum atomic E-state index is 0.369. The van der Waals surface area contributed by atoms with E-state index in [1.54, 1.807) is 0 Å². The van der Waals surface area contributed by atoms with Gasteiger partial charge in [-0.15, -0.1) is 11.3 Å². The molecule has 1 nitrogen and oxygen atoms in total. The lowest BCUT2D eigenvalue weighted by molar-refractivity contribution is 0.577. The van der Waals surface area contributed by atoms with E-state index < -0.39 is 0 Å². The number of benzene rings is 1. The van der Waals surface area contributed by atoms with Gasteiger partial charge in [-0.1, -0.05) is 28.1 Å². The molecule has 0 amide bonds. The van der Waals surface area contributed by atoms with Gasteiger partial charge in [-0.05, 0) is 48.6 Å². The lowest BCUT2D eigenvalue weighted by Crippen LogP contribution is -2.17. The zero-order valence-electron chi connectivity index (χ0n) is 10.0. The predicted octanol–water partition coefficient (Wildman–Crippen LogP) is 4.67. The van der Waals surface area contributed by atoms with Gasteiger partial charge in [0.2, 0.25) is 0 Å². The molecule has 1 aromatic carbocycles. The summed E-state index contributed by atoms with van der Waals surface area (Å²) >= 11 is 5.32. The molecule has 0 fully saturated rings. The summed E-state index contributed by atoms with van der Waals surface area (Å²) in [5.74, 6) is 0. The van der Waals surface area contributed by atoms with Crippen LogP contribution in [0.15, 0.2) is 40.2 Å². The first-order valence-electron chi connectivity index (χ1n) is 5.68. The largest absolute Gasteiger partial charge is 0.305 e. The first-order valence-corrected chi connectivity index (χ1v) is 7.36. The van der Waals surface area contributed by atoms with Crippen LogP contribution in [0.1, 0.15) is 29.0 Å². The molecule has 0 aliphatic heterocycles. The fourth-order valence-corrected chi connectivity index (χ4v) is 3.00. The van der Waals surface area contributed by atoms with E-state index in [0.29, 0.717) is 6.04 Å². The van der Waals surface area contributed by atoms with Gasteiger partial charge in [0.25, 0.3) is 0 Å². The summed E-state index contributed by atoms with van der Waals surface area (Å²) in [4.78, 5) is 1.42. The van der Waals surface area contributed by atoms with E-state index in [-0.39, 0.29) is 0 Å². The Kier molecular flexibility index (Phi) is 4.37. The van der Waals surface area contributed by atoms with Gasteiger partial charge in [0.05, 0.1) is 0 Å². The number of aryl methyl sites for hydroxylation is 1. The van der Waals surface area contributed by atoms with Crippen molar-refractivity contribution >= 4 is 27.3 Å². The maximum absolute atomic E-state index is 3.56. The molecule has 0 radical (unpaired) electrons. The molecule has 0 saturated carbocycles. The lowest BCUT2D eigenvalue weighted by atomic mass is 10.1. The van der Waals surface area contributed by atoms with Crippen LogP contribution in [0.3, 0.4) is 0 Å². The first kappa shape index (κ1) is 12.8. The number of hydrogen-bond acceptors (Lipinski definition) is 2. The SMILES string of the molecule is Cc1ccsc1CNC(C)c1cccc(Br)c1. The van der Waals surface area contributed by atoms with E-state index in [4.69, 9.17) is 0 Å². The van der Waals surface area contributed by atoms with Crippen molar-refractivity contribution in [3.63, 3.8) is 0 Å². The lowest BCUT2D eigenvalue weighted by Gasteiger charge is -2.14. The molecule has 0 spiro atoms. The zero-order chi connectivity index (χ0) is 12.3. The molecule has 2 rings (SSSR count). The molecule has 1 aromatic heterocycles. The Morgan fingerprint density at radius 2 is 2.18 bits per heavy atom. The van der Waals surface area contributed by atoms with Gasteiger partial charge < -0.3 is 5.32 Å². The molecule has 0 bridgehead atoms. The molecule has 1 N–H and O–H groups in total. The zero-order valence-corrected chi connectivity index (χ0v) is 12.4. The third-order valence-corrected chi connectivity index (χ3v) is 4.40. The molecule has 0 aliphatic carbocycles. The second kappa shape index (κ2) is 5.80. The third-order valence-electron chi connectivity index (χ3n) is 2.89. The van der Waals surface area contributed by atoms with Crippen molar-refractivity contribution in [1.82, 2.24) is 5.32 Å². The molecule has 90 valence electrons. The molecule has 1 atom stereocenters. The van der Waals surface area contributed by atoms with Gasteiger partial charge in [-0.3, -0.25) is 0 Å². The topological polar surface area (TPSA) is 12.0 Å². The molecule has 17 heavy (non-hydrogen) atoms. The summed E-state index contributed by atoms with van der Waals surface area (Å²) in [7, 11) is 0. The summed E-state index contributed by atoms with van der Waals surface area (Å²) in [5, 5.41) is 5.71. The average Bonchev–Trinajstić information content (AvgIpc) is 2.72. The van der Waals surface area contributed by atoms with Crippen molar-refractivity contribution in [2.24, 2.45) is 0 Å². The summed E-state index contributed by atoms with van der Waals surface area (Å²) < 4.78 is 1.14. The fraction of sp³-hybridized carbons (Fsp3) is 0.286. The second-order valence-corrected chi connectivity index (χ2v) is 6.10. The van der Waals surface area contributed by atoms with Crippen LogP contribution in [0.5, 0.6) is 0 Å². The molecule has 0 aliphatic rings. The Morgan fingerprint density at radius 1 is 1.35 bits per heavy atom. The van der Waals surface area contributed by atoms with E-state index in [9.17, 15) is 0 Å². The molecule has 1 unspecified atom stereocenters. The van der Waals surface area contributed by atoms with E-state index in [2.05, 4.69) is 70.8 Å². The van der Waals surface area contributed by atoms with Crippen molar-refractivity contribution in [1.29, 1.82) is 0 Å². The Balaban J connectivity index is 1.98. The van der Waals surface area contributed by atoms with Crippen LogP contribution in [0.2, 0.25) is 0 Å². The second-order valence-electron chi connectivity index (χ2n) is 4.18. The van der Waals surface area contributed by atoms with Crippen molar-refractivity contribution < 1.29 is 0 Å². The van der Waals surface area contributed by atoms with Crippen LogP contribution in [-0.4, -0.2) is 0 Å². The third kappa shape index (κ3) is 3.41. The Hall–Kier alpha value is -0.640. The quantitative estimate of drug-likeness (QED) is 0.865. The number of hydrogen-bond donors (Lipinski definition) is 1. The van der Waals surface area contributed by atoms with Gasteiger partial charge >= 0.3 is 0 Å². The van der Waals surface area contributed by atoms with Crippen molar-refractivity contribution in [3.8, 4) is 0 Å². The van der Waals surface area contributed by atoms with Crippen LogP contribution in [0.25, 0.3) is 0 Å². The van der Waals surface area contributed by atoms with Gasteiger partial charge in [0, 0.05) is 21.9 Å². The summed E-state index contributed by atoms with van der Waals surface area (Å²) in [5.41, 5.74) is 2.69. The van der Waals surface area contributed by atoms with Gasteiger partial charge in [-0.25, -0.2) is 0 Å². The highest BCUT2D eigenvalue weighted by molar-refractivity contribution is 9.10. The molecule has 3 heteroatoms. The monoisotopic (exact) mass is 309 g/mol. The summed E-state index contributed by atoms with van der Waals surface area (Å²) in [6.45, 7) is 5.30. The van der Waals surface area contributed by atoms with Gasteiger partial charge in [0.15, 0.2) is 0 Å². The normalized spacial score (nSPS) is 12.6. The van der Waals surface area contributed by atoms with Crippen LogP contribution >= 0.6 is 27.3 Å². The van der Waals surface area contributed by atoms with Crippen LogP contribution in [-0.2, 0) is 6.54 Å². The maximum atomic E-state index is 3.56. The van der Waals surface area contributed by atoms with Crippen LogP contribution < -0.4 is 5.32 Å². The number of rotatable bonds is 4. The Morgan fingerprint density at radius 3 is 2.82 bits per heavy atom. The van der Waals surface area contributed by atoms with E-state index in [1.165, 1.54) is 16.0 Å². The van der Waals surface area contributed by atoms with Crippen LogP contribution in [0.4, 0.5) is 0 Å². The number of nitrogens with one attached hydrogen (secondary N) is 1. The number of thiophene rings is 1. The number of halogens is 1. The van der Waals surface area contributed by atoms with Gasteiger partial charge in [0.1, 0.15) is 0 Å². The van der Waals surface area contributed by atoms with E-state index in [1.807, 2.05) is 11.3 Å². The highest BCUT2D eigenvalue weighted by atomic mass is 79.9. The van der Waals surface area contributed by atoms with E-state index in [0.717, 1.165) is 11.0 Å².